The average Bonchev–Trinajstić information content (AvgIpc) is 2.00. The van der Waals surface area contributed by atoms with Crippen molar-refractivity contribution in [3.8, 4) is 0 Å². The van der Waals surface area contributed by atoms with E-state index in [-0.39, 0.29) is 5.92 Å². The second-order valence-corrected chi connectivity index (χ2v) is 4.09. The maximum Gasteiger partial charge on any atom is 0.332 e. The van der Waals surface area contributed by atoms with Crippen molar-refractivity contribution in [1.29, 1.82) is 0 Å². The van der Waals surface area contributed by atoms with Crippen LogP contribution in [-0.4, -0.2) is 23.8 Å². The summed E-state index contributed by atoms with van der Waals surface area (Å²) in [5, 5.41) is 9.53. The molecule has 4 heteroatoms. The minimum absolute atomic E-state index is 0.0471. The zero-order valence-corrected chi connectivity index (χ0v) is 9.20. The van der Waals surface area contributed by atoms with Gasteiger partial charge in [0.05, 0.1) is 12.7 Å². The maximum absolute atomic E-state index is 10.9. The number of nitrogens with two attached hydrogens (primary N) is 1. The molecule has 0 aromatic heterocycles. The van der Waals surface area contributed by atoms with Crippen LogP contribution in [0, 0.1) is 5.92 Å². The van der Waals surface area contributed by atoms with E-state index in [0.717, 1.165) is 0 Å². The van der Waals surface area contributed by atoms with Crippen LogP contribution < -0.4 is 5.73 Å². The molecule has 0 aliphatic rings. The molecule has 0 heterocycles. The van der Waals surface area contributed by atoms with Crippen LogP contribution in [0.25, 0.3) is 0 Å². The topological polar surface area (TPSA) is 72.5 Å². The molecule has 0 saturated heterocycles. The van der Waals surface area contributed by atoms with Gasteiger partial charge >= 0.3 is 5.97 Å². The van der Waals surface area contributed by atoms with E-state index in [1.807, 2.05) is 6.92 Å². The van der Waals surface area contributed by atoms with Crippen molar-refractivity contribution in [3.63, 3.8) is 0 Å². The monoisotopic (exact) mass is 201 g/mol. The van der Waals surface area contributed by atoms with Gasteiger partial charge in [-0.25, -0.2) is 4.79 Å². The Bertz CT molecular complexity index is 228. The zero-order valence-electron chi connectivity index (χ0n) is 9.20. The van der Waals surface area contributed by atoms with Crippen LogP contribution >= 0.6 is 0 Å². The molecule has 0 spiro atoms. The van der Waals surface area contributed by atoms with E-state index in [2.05, 4.69) is 4.74 Å². The summed E-state index contributed by atoms with van der Waals surface area (Å²) in [5.41, 5.74) is 5.30. The Balaban J connectivity index is 4.32. The fraction of sp³-hybridized carbons (Fsp3) is 0.700. The van der Waals surface area contributed by atoms with E-state index in [1.165, 1.54) is 13.2 Å². The lowest BCUT2D eigenvalue weighted by Gasteiger charge is -2.22. The molecule has 0 bridgehead atoms. The molecule has 0 aliphatic heterocycles. The summed E-state index contributed by atoms with van der Waals surface area (Å²) in [6.07, 6.45) is 1.75. The van der Waals surface area contributed by atoms with Gasteiger partial charge in [0, 0.05) is 11.8 Å². The molecule has 3 N–H and O–H groups in total. The van der Waals surface area contributed by atoms with E-state index in [4.69, 9.17) is 5.73 Å². The lowest BCUT2D eigenvalue weighted by molar-refractivity contribution is -0.134. The van der Waals surface area contributed by atoms with Crippen LogP contribution in [-0.2, 0) is 9.53 Å². The van der Waals surface area contributed by atoms with Crippen molar-refractivity contribution < 1.29 is 14.6 Å². The first-order valence-electron chi connectivity index (χ1n) is 4.53. The third-order valence-corrected chi connectivity index (χ3v) is 1.86. The largest absolute Gasteiger partial charge is 0.466 e. The standard InChI is InChI=1S/C10H19NO3/c1-7(6-10(2,3)13)8(11)5-9(12)14-4/h5,7,13H,6,11H2,1-4H3/b8-5-/t7-/m1/s1. The fourth-order valence-corrected chi connectivity index (χ4v) is 1.20. The van der Waals surface area contributed by atoms with Crippen LogP contribution in [0.1, 0.15) is 27.2 Å². The van der Waals surface area contributed by atoms with Crippen LogP contribution in [0.3, 0.4) is 0 Å². The molecule has 0 aromatic rings. The molecule has 0 rings (SSSR count). The summed E-state index contributed by atoms with van der Waals surface area (Å²) in [6.45, 7) is 5.26. The van der Waals surface area contributed by atoms with Crippen LogP contribution in [0.15, 0.2) is 11.8 Å². The van der Waals surface area contributed by atoms with Crippen LogP contribution in [0.5, 0.6) is 0 Å². The molecule has 0 amide bonds. The van der Waals surface area contributed by atoms with Crippen LogP contribution in [0.2, 0.25) is 0 Å². The normalized spacial score (nSPS) is 15.1. The highest BCUT2D eigenvalue weighted by molar-refractivity contribution is 5.82. The molecule has 0 fully saturated rings. The van der Waals surface area contributed by atoms with Gasteiger partial charge in [0.25, 0.3) is 0 Å². The van der Waals surface area contributed by atoms with Gasteiger partial charge < -0.3 is 15.6 Å². The van der Waals surface area contributed by atoms with Crippen molar-refractivity contribution >= 4 is 5.97 Å². The SMILES string of the molecule is COC(=O)/C=C(\N)[C@H](C)CC(C)(C)O. The number of hydrogen-bond donors (Lipinski definition) is 2. The second-order valence-electron chi connectivity index (χ2n) is 4.09. The molecule has 14 heavy (non-hydrogen) atoms. The summed E-state index contributed by atoms with van der Waals surface area (Å²) in [6, 6.07) is 0. The predicted octanol–water partition coefficient (Wildman–Crippen LogP) is 0.799. The number of hydrogen-bond acceptors (Lipinski definition) is 4. The number of rotatable bonds is 4. The highest BCUT2D eigenvalue weighted by Crippen LogP contribution is 2.19. The third kappa shape index (κ3) is 5.59. The van der Waals surface area contributed by atoms with E-state index >= 15 is 0 Å². The zero-order chi connectivity index (χ0) is 11.4. The van der Waals surface area contributed by atoms with Crippen molar-refractivity contribution in [2.24, 2.45) is 11.7 Å². The summed E-state index contributed by atoms with van der Waals surface area (Å²) in [4.78, 5) is 10.9. The van der Waals surface area contributed by atoms with E-state index < -0.39 is 11.6 Å². The lowest BCUT2D eigenvalue weighted by Crippen LogP contribution is -2.25. The molecule has 1 atom stereocenters. The lowest BCUT2D eigenvalue weighted by atomic mass is 9.92. The predicted molar refractivity (Wildman–Crippen MR) is 54.4 cm³/mol. The number of carbonyl (C=O) groups excluding carboxylic acids is 1. The van der Waals surface area contributed by atoms with Crippen molar-refractivity contribution in [1.82, 2.24) is 0 Å². The van der Waals surface area contributed by atoms with Gasteiger partial charge in [-0.05, 0) is 26.2 Å². The quantitative estimate of drug-likeness (QED) is 0.521. The highest BCUT2D eigenvalue weighted by Gasteiger charge is 2.19. The van der Waals surface area contributed by atoms with Gasteiger partial charge in [0.2, 0.25) is 0 Å². The maximum atomic E-state index is 10.9. The van der Waals surface area contributed by atoms with E-state index in [1.54, 1.807) is 13.8 Å². The Labute approximate surface area is 84.7 Å². The Hall–Kier alpha value is -1.03. The highest BCUT2D eigenvalue weighted by atomic mass is 16.5. The number of carbonyl (C=O) groups is 1. The van der Waals surface area contributed by atoms with Gasteiger partial charge in [0.1, 0.15) is 0 Å². The van der Waals surface area contributed by atoms with Gasteiger partial charge in [0.15, 0.2) is 0 Å². The van der Waals surface area contributed by atoms with E-state index in [0.29, 0.717) is 12.1 Å². The minimum Gasteiger partial charge on any atom is -0.466 e. The first kappa shape index (κ1) is 13.0. The molecular formula is C10H19NO3. The number of esters is 1. The molecular weight excluding hydrogens is 182 g/mol. The number of aliphatic hydroxyl groups is 1. The smallest absolute Gasteiger partial charge is 0.332 e. The molecule has 0 unspecified atom stereocenters. The average molecular weight is 201 g/mol. The van der Waals surface area contributed by atoms with Crippen molar-refractivity contribution in [2.45, 2.75) is 32.8 Å². The first-order valence-corrected chi connectivity index (χ1v) is 4.53. The second kappa shape index (κ2) is 5.00. The first-order chi connectivity index (χ1) is 6.26. The Morgan fingerprint density at radius 1 is 1.64 bits per heavy atom. The van der Waals surface area contributed by atoms with Crippen molar-refractivity contribution in [3.05, 3.63) is 11.8 Å². The van der Waals surface area contributed by atoms with E-state index in [9.17, 15) is 9.90 Å². The molecule has 4 nitrogen and oxygen atoms in total. The molecule has 0 aromatic carbocycles. The Morgan fingerprint density at radius 3 is 2.50 bits per heavy atom. The summed E-state index contributed by atoms with van der Waals surface area (Å²) < 4.78 is 4.44. The molecule has 0 aliphatic carbocycles. The van der Waals surface area contributed by atoms with Gasteiger partial charge in [-0.2, -0.15) is 0 Å². The number of ether oxygens (including phenoxy) is 1. The van der Waals surface area contributed by atoms with Crippen molar-refractivity contribution in [2.75, 3.05) is 7.11 Å². The molecule has 0 radical (unpaired) electrons. The van der Waals surface area contributed by atoms with Gasteiger partial charge in [-0.15, -0.1) is 0 Å². The Morgan fingerprint density at radius 2 is 2.14 bits per heavy atom. The number of methoxy groups -OCH3 is 1. The van der Waals surface area contributed by atoms with Gasteiger partial charge in [-0.1, -0.05) is 6.92 Å². The summed E-state index contributed by atoms with van der Waals surface area (Å²) in [5.74, 6) is -0.515. The summed E-state index contributed by atoms with van der Waals surface area (Å²) >= 11 is 0. The van der Waals surface area contributed by atoms with Gasteiger partial charge in [-0.3, -0.25) is 0 Å². The Kier molecular flexibility index (Phi) is 4.63. The molecule has 82 valence electrons. The third-order valence-electron chi connectivity index (χ3n) is 1.86. The van der Waals surface area contributed by atoms with Crippen LogP contribution in [0.4, 0.5) is 0 Å². The fourth-order valence-electron chi connectivity index (χ4n) is 1.20. The summed E-state index contributed by atoms with van der Waals surface area (Å²) in [7, 11) is 1.30. The minimum atomic E-state index is -0.784. The number of allylic oxidation sites excluding steroid dienone is 1. The molecule has 0 saturated carbocycles.